The molecule has 0 radical (unpaired) electrons. The molecule has 0 spiro atoms. The first-order chi connectivity index (χ1) is 9.91. The zero-order valence-electron chi connectivity index (χ0n) is 13.8. The zero-order valence-corrected chi connectivity index (χ0v) is 13.8. The van der Waals surface area contributed by atoms with Crippen LogP contribution in [0, 0.1) is 0 Å². The van der Waals surface area contributed by atoms with Gasteiger partial charge in [-0.25, -0.2) is 0 Å². The third-order valence-electron chi connectivity index (χ3n) is 3.79. The summed E-state index contributed by atoms with van der Waals surface area (Å²) in [6, 6.07) is 0. The van der Waals surface area contributed by atoms with Crippen molar-refractivity contribution in [3.8, 4) is 0 Å². The van der Waals surface area contributed by atoms with Crippen molar-refractivity contribution < 1.29 is 5.11 Å². The zero-order chi connectivity index (χ0) is 14.7. The molecule has 0 aliphatic carbocycles. The van der Waals surface area contributed by atoms with Gasteiger partial charge in [0.25, 0.3) is 0 Å². The number of hydrogen-bond acceptors (Lipinski definition) is 2. The van der Waals surface area contributed by atoms with Crippen LogP contribution in [0.15, 0.2) is 4.99 Å². The minimum Gasteiger partial charge on any atom is -0.394 e. The highest BCUT2D eigenvalue weighted by molar-refractivity contribution is 5.56. The number of unbranched alkanes of at least 4 members (excludes halogenated alkanes) is 13. The average Bonchev–Trinajstić information content (AvgIpc) is 2.47. The fourth-order valence-electron chi connectivity index (χ4n) is 2.49. The Kier molecular flexibility index (Phi) is 18.3. The van der Waals surface area contributed by atoms with Crippen LogP contribution in [0.5, 0.6) is 0 Å². The van der Waals surface area contributed by atoms with Crippen LogP contribution in [0.1, 0.15) is 96.8 Å². The first-order valence-corrected chi connectivity index (χ1v) is 9.01. The first-order valence-electron chi connectivity index (χ1n) is 9.01. The minimum atomic E-state index is 0.176. The van der Waals surface area contributed by atoms with Crippen LogP contribution in [0.3, 0.4) is 0 Å². The van der Waals surface area contributed by atoms with Gasteiger partial charge in [0.05, 0.1) is 13.2 Å². The largest absolute Gasteiger partial charge is 0.394 e. The third-order valence-corrected chi connectivity index (χ3v) is 3.79. The van der Waals surface area contributed by atoms with Crippen molar-refractivity contribution in [1.29, 1.82) is 0 Å². The fraction of sp³-hybridized carbons (Fsp3) is 0.944. The molecule has 0 atom stereocenters. The second-order valence-electron chi connectivity index (χ2n) is 5.84. The number of hydrogen-bond donors (Lipinski definition) is 1. The molecule has 0 aliphatic rings. The maximum absolute atomic E-state index is 8.57. The number of nitrogens with zero attached hydrogens (tertiary/aromatic N) is 1. The fourth-order valence-corrected chi connectivity index (χ4v) is 2.49. The molecule has 1 N–H and O–H groups in total. The van der Waals surface area contributed by atoms with Crippen molar-refractivity contribution in [3.63, 3.8) is 0 Å². The quantitative estimate of drug-likeness (QED) is 0.293. The summed E-state index contributed by atoms with van der Waals surface area (Å²) in [7, 11) is 0. The summed E-state index contributed by atoms with van der Waals surface area (Å²) in [5, 5.41) is 8.57. The van der Waals surface area contributed by atoms with E-state index in [2.05, 4.69) is 11.9 Å². The van der Waals surface area contributed by atoms with Gasteiger partial charge in [-0.3, -0.25) is 4.99 Å². The summed E-state index contributed by atoms with van der Waals surface area (Å²) in [5.74, 6) is 0. The highest BCUT2D eigenvalue weighted by Crippen LogP contribution is 2.12. The average molecular weight is 283 g/mol. The smallest absolute Gasteiger partial charge is 0.0626 e. The molecule has 2 heteroatoms. The molecule has 0 saturated heterocycles. The van der Waals surface area contributed by atoms with Gasteiger partial charge in [0, 0.05) is 0 Å². The number of aliphatic hydroxyl groups is 1. The van der Waals surface area contributed by atoms with Crippen molar-refractivity contribution in [2.45, 2.75) is 96.8 Å². The van der Waals surface area contributed by atoms with Gasteiger partial charge < -0.3 is 5.11 Å². The molecule has 120 valence electrons. The van der Waals surface area contributed by atoms with Crippen LogP contribution < -0.4 is 0 Å². The lowest BCUT2D eigenvalue weighted by atomic mass is 10.0. The lowest BCUT2D eigenvalue weighted by molar-refractivity contribution is 0.307. The van der Waals surface area contributed by atoms with Crippen LogP contribution in [-0.2, 0) is 0 Å². The summed E-state index contributed by atoms with van der Waals surface area (Å²) >= 11 is 0. The molecule has 0 saturated carbocycles. The maximum atomic E-state index is 8.57. The van der Waals surface area contributed by atoms with Gasteiger partial charge in [-0.15, -0.1) is 0 Å². The Labute approximate surface area is 127 Å². The van der Waals surface area contributed by atoms with E-state index < -0.39 is 0 Å². The van der Waals surface area contributed by atoms with E-state index >= 15 is 0 Å². The predicted octanol–water partition coefficient (Wildman–Crippen LogP) is 5.53. The molecule has 0 bridgehead atoms. The van der Waals surface area contributed by atoms with E-state index in [4.69, 9.17) is 5.11 Å². The van der Waals surface area contributed by atoms with Crippen LogP contribution in [0.2, 0.25) is 0 Å². The summed E-state index contributed by atoms with van der Waals surface area (Å²) in [6.07, 6.45) is 21.3. The number of aliphatic imine (C=N–C) groups is 1. The van der Waals surface area contributed by atoms with Crippen LogP contribution in [-0.4, -0.2) is 24.5 Å². The summed E-state index contributed by atoms with van der Waals surface area (Å²) in [4.78, 5) is 4.11. The van der Waals surface area contributed by atoms with Crippen LogP contribution in [0.4, 0.5) is 0 Å². The Hall–Kier alpha value is -0.370. The Morgan fingerprint density at radius 3 is 1.60 bits per heavy atom. The van der Waals surface area contributed by atoms with Gasteiger partial charge in [0.15, 0.2) is 0 Å². The Bertz CT molecular complexity index is 192. The molecule has 0 aliphatic heterocycles. The molecular formula is C18H37NO. The van der Waals surface area contributed by atoms with Crippen molar-refractivity contribution >= 4 is 6.21 Å². The Balaban J connectivity index is 2.96. The molecule has 20 heavy (non-hydrogen) atoms. The molecule has 0 aromatic carbocycles. The van der Waals surface area contributed by atoms with Crippen LogP contribution in [0.25, 0.3) is 0 Å². The normalized spacial score (nSPS) is 11.5. The minimum absolute atomic E-state index is 0.176. The highest BCUT2D eigenvalue weighted by Gasteiger charge is 1.93. The molecule has 0 aromatic heterocycles. The predicted molar refractivity (Wildman–Crippen MR) is 90.8 cm³/mol. The number of rotatable bonds is 16. The van der Waals surface area contributed by atoms with Crippen molar-refractivity contribution in [1.82, 2.24) is 0 Å². The van der Waals surface area contributed by atoms with Gasteiger partial charge >= 0.3 is 0 Å². The van der Waals surface area contributed by atoms with E-state index in [0.29, 0.717) is 6.54 Å². The number of aliphatic hydroxyl groups excluding tert-OH is 1. The summed E-state index contributed by atoms with van der Waals surface area (Å²) in [5.41, 5.74) is 0. The highest BCUT2D eigenvalue weighted by atomic mass is 16.3. The van der Waals surface area contributed by atoms with Crippen LogP contribution >= 0.6 is 0 Å². The second-order valence-corrected chi connectivity index (χ2v) is 5.84. The molecular weight excluding hydrogens is 246 g/mol. The monoisotopic (exact) mass is 283 g/mol. The van der Waals surface area contributed by atoms with Gasteiger partial charge in [-0.2, -0.15) is 0 Å². The first kappa shape index (κ1) is 19.6. The molecule has 0 fully saturated rings. The molecule has 0 aromatic rings. The van der Waals surface area contributed by atoms with E-state index in [-0.39, 0.29) is 6.61 Å². The van der Waals surface area contributed by atoms with E-state index in [9.17, 15) is 0 Å². The van der Waals surface area contributed by atoms with Gasteiger partial charge in [-0.1, -0.05) is 84.0 Å². The summed E-state index contributed by atoms with van der Waals surface area (Å²) < 4.78 is 0. The standard InChI is InChI=1S/C18H37NO/c1-2-3-4-5-6-7-8-9-10-11-12-13-14-15-16-19-17-18-20/h16,20H,2-15,17-18H2,1H3. The maximum Gasteiger partial charge on any atom is 0.0626 e. The lowest BCUT2D eigenvalue weighted by Gasteiger charge is -2.02. The Morgan fingerprint density at radius 2 is 1.15 bits per heavy atom. The van der Waals surface area contributed by atoms with Crippen molar-refractivity contribution in [3.05, 3.63) is 0 Å². The van der Waals surface area contributed by atoms with Gasteiger partial charge in [0.1, 0.15) is 0 Å². The topological polar surface area (TPSA) is 32.6 Å². The van der Waals surface area contributed by atoms with Gasteiger partial charge in [0.2, 0.25) is 0 Å². The molecule has 0 heterocycles. The summed E-state index contributed by atoms with van der Waals surface area (Å²) in [6.45, 7) is 3.02. The SMILES string of the molecule is CCCCCCCCCCCCCCCC=NCCO. The Morgan fingerprint density at radius 1 is 0.700 bits per heavy atom. The molecule has 0 amide bonds. The molecule has 0 rings (SSSR count). The molecule has 0 unspecified atom stereocenters. The van der Waals surface area contributed by atoms with E-state index in [1.807, 2.05) is 6.21 Å². The second kappa shape index (κ2) is 18.6. The van der Waals surface area contributed by atoms with E-state index in [1.165, 1.54) is 83.5 Å². The van der Waals surface area contributed by atoms with Crippen molar-refractivity contribution in [2.24, 2.45) is 4.99 Å². The van der Waals surface area contributed by atoms with E-state index in [1.54, 1.807) is 0 Å². The van der Waals surface area contributed by atoms with E-state index in [0.717, 1.165) is 6.42 Å². The van der Waals surface area contributed by atoms with Gasteiger partial charge in [-0.05, 0) is 19.1 Å². The molecule has 2 nitrogen and oxygen atoms in total. The van der Waals surface area contributed by atoms with Crippen molar-refractivity contribution in [2.75, 3.05) is 13.2 Å². The third kappa shape index (κ3) is 17.6. The lowest BCUT2D eigenvalue weighted by Crippen LogP contribution is -1.88.